The van der Waals surface area contributed by atoms with Gasteiger partial charge in [0.05, 0.1) is 13.2 Å². The van der Waals surface area contributed by atoms with Crippen molar-refractivity contribution in [3.63, 3.8) is 0 Å². The Morgan fingerprint density at radius 3 is 2.71 bits per heavy atom. The quantitative estimate of drug-likeness (QED) is 0.792. The average molecular weight is 240 g/mol. The highest BCUT2D eigenvalue weighted by Gasteiger charge is 2.31. The molecule has 1 amide bonds. The van der Waals surface area contributed by atoms with Crippen LogP contribution in [0.2, 0.25) is 0 Å². The van der Waals surface area contributed by atoms with Crippen molar-refractivity contribution < 1.29 is 9.90 Å². The molecule has 0 bridgehead atoms. The zero-order valence-electron chi connectivity index (χ0n) is 10.8. The minimum atomic E-state index is 0.181. The molecule has 0 spiro atoms. The second-order valence-electron chi connectivity index (χ2n) is 5.39. The Morgan fingerprint density at radius 2 is 2.06 bits per heavy atom. The molecular weight excluding hydrogens is 216 g/mol. The maximum atomic E-state index is 12.1. The number of likely N-dealkylation sites (N-methyl/N-ethyl adjacent to an activating group) is 1. The molecule has 1 N–H and O–H groups in total. The van der Waals surface area contributed by atoms with Crippen LogP contribution in [0.4, 0.5) is 0 Å². The minimum absolute atomic E-state index is 0.181. The van der Waals surface area contributed by atoms with Crippen molar-refractivity contribution in [2.24, 2.45) is 0 Å². The summed E-state index contributed by atoms with van der Waals surface area (Å²) in [7, 11) is 1.91. The topological polar surface area (TPSA) is 43.8 Å². The number of likely N-dealkylation sites (tertiary alicyclic amines) is 1. The number of hydrogen-bond acceptors (Lipinski definition) is 3. The Kier molecular flexibility index (Phi) is 4.40. The van der Waals surface area contributed by atoms with Gasteiger partial charge >= 0.3 is 0 Å². The molecule has 1 atom stereocenters. The molecule has 0 aromatic heterocycles. The molecule has 1 aliphatic carbocycles. The van der Waals surface area contributed by atoms with Gasteiger partial charge in [0.1, 0.15) is 0 Å². The number of aliphatic hydroxyl groups is 1. The van der Waals surface area contributed by atoms with Crippen molar-refractivity contribution in [2.45, 2.75) is 50.6 Å². The van der Waals surface area contributed by atoms with Crippen LogP contribution in [-0.4, -0.2) is 59.6 Å². The van der Waals surface area contributed by atoms with E-state index in [-0.39, 0.29) is 18.6 Å². The summed E-state index contributed by atoms with van der Waals surface area (Å²) in [5.41, 5.74) is 0. The van der Waals surface area contributed by atoms with Crippen molar-refractivity contribution in [3.05, 3.63) is 0 Å². The molecule has 4 heteroatoms. The summed E-state index contributed by atoms with van der Waals surface area (Å²) in [4.78, 5) is 16.1. The summed E-state index contributed by atoms with van der Waals surface area (Å²) < 4.78 is 0. The highest BCUT2D eigenvalue weighted by atomic mass is 16.3. The van der Waals surface area contributed by atoms with E-state index >= 15 is 0 Å². The van der Waals surface area contributed by atoms with Crippen LogP contribution in [0.5, 0.6) is 0 Å². The van der Waals surface area contributed by atoms with E-state index in [1.54, 1.807) is 0 Å². The van der Waals surface area contributed by atoms with E-state index in [9.17, 15) is 9.90 Å². The molecule has 4 nitrogen and oxygen atoms in total. The summed E-state index contributed by atoms with van der Waals surface area (Å²) >= 11 is 0. The van der Waals surface area contributed by atoms with E-state index in [1.165, 1.54) is 12.8 Å². The molecule has 1 saturated heterocycles. The fourth-order valence-corrected chi connectivity index (χ4v) is 2.60. The second kappa shape index (κ2) is 5.83. The maximum Gasteiger partial charge on any atom is 0.236 e. The zero-order chi connectivity index (χ0) is 12.3. The third-order valence-electron chi connectivity index (χ3n) is 4.04. The van der Waals surface area contributed by atoms with E-state index in [1.807, 2.05) is 11.9 Å². The van der Waals surface area contributed by atoms with Gasteiger partial charge in [0.15, 0.2) is 0 Å². The molecular formula is C13H24N2O2. The fraction of sp³-hybridized carbons (Fsp3) is 0.923. The summed E-state index contributed by atoms with van der Waals surface area (Å²) in [6.45, 7) is 1.62. The van der Waals surface area contributed by atoms with E-state index in [0.29, 0.717) is 12.6 Å². The molecule has 2 rings (SSSR count). The Balaban J connectivity index is 1.87. The Bertz CT molecular complexity index is 266. The zero-order valence-corrected chi connectivity index (χ0v) is 10.8. The van der Waals surface area contributed by atoms with Crippen LogP contribution < -0.4 is 0 Å². The van der Waals surface area contributed by atoms with Crippen molar-refractivity contribution in [3.8, 4) is 0 Å². The molecule has 98 valence electrons. The van der Waals surface area contributed by atoms with Crippen molar-refractivity contribution in [1.82, 2.24) is 9.80 Å². The van der Waals surface area contributed by atoms with Gasteiger partial charge in [-0.05, 0) is 32.2 Å². The van der Waals surface area contributed by atoms with Crippen molar-refractivity contribution >= 4 is 5.91 Å². The average Bonchev–Trinajstić information content (AvgIpc) is 3.15. The number of amides is 1. The standard InChI is InChI=1S/C13H24N2O2/c1-14(11-6-7-11)13(17)9-15-8-4-2-3-5-12(15)10-16/h11-12,16H,2-10H2,1H3. The third kappa shape index (κ3) is 3.42. The van der Waals surface area contributed by atoms with E-state index in [2.05, 4.69) is 4.90 Å². The second-order valence-corrected chi connectivity index (χ2v) is 5.39. The molecule has 0 aromatic rings. The number of carbonyl (C=O) groups excluding carboxylic acids is 1. The van der Waals surface area contributed by atoms with Gasteiger partial charge in [-0.2, -0.15) is 0 Å². The normalized spacial score (nSPS) is 26.6. The van der Waals surface area contributed by atoms with Crippen LogP contribution in [0.3, 0.4) is 0 Å². The van der Waals surface area contributed by atoms with Crippen molar-refractivity contribution in [1.29, 1.82) is 0 Å². The predicted octanol–water partition coefficient (Wildman–Crippen LogP) is 0.844. The van der Waals surface area contributed by atoms with Gasteiger partial charge in [-0.25, -0.2) is 0 Å². The summed E-state index contributed by atoms with van der Waals surface area (Å²) in [6, 6.07) is 0.677. The lowest BCUT2D eigenvalue weighted by molar-refractivity contribution is -0.132. The lowest BCUT2D eigenvalue weighted by Gasteiger charge is -2.29. The van der Waals surface area contributed by atoms with E-state index < -0.39 is 0 Å². The first-order valence-electron chi connectivity index (χ1n) is 6.83. The highest BCUT2D eigenvalue weighted by Crippen LogP contribution is 2.25. The van der Waals surface area contributed by atoms with Gasteiger partial charge in [0.2, 0.25) is 5.91 Å². The van der Waals surface area contributed by atoms with Crippen LogP contribution in [-0.2, 0) is 4.79 Å². The van der Waals surface area contributed by atoms with Gasteiger partial charge in [-0.3, -0.25) is 9.69 Å². The van der Waals surface area contributed by atoms with E-state index in [0.717, 1.165) is 32.2 Å². The van der Waals surface area contributed by atoms with Gasteiger partial charge in [0.25, 0.3) is 0 Å². The lowest BCUT2D eigenvalue weighted by atomic mass is 10.1. The van der Waals surface area contributed by atoms with Gasteiger partial charge in [-0.1, -0.05) is 12.8 Å². The number of rotatable bonds is 4. The molecule has 2 aliphatic rings. The molecule has 1 aliphatic heterocycles. The van der Waals surface area contributed by atoms with Crippen LogP contribution in [0.25, 0.3) is 0 Å². The minimum Gasteiger partial charge on any atom is -0.395 e. The highest BCUT2D eigenvalue weighted by molar-refractivity contribution is 5.78. The number of hydrogen-bond donors (Lipinski definition) is 1. The van der Waals surface area contributed by atoms with Crippen molar-refractivity contribution in [2.75, 3.05) is 26.7 Å². The monoisotopic (exact) mass is 240 g/mol. The van der Waals surface area contributed by atoms with Crippen LogP contribution in [0.15, 0.2) is 0 Å². The number of carbonyl (C=O) groups is 1. The Morgan fingerprint density at radius 1 is 1.29 bits per heavy atom. The van der Waals surface area contributed by atoms with Crippen LogP contribution in [0, 0.1) is 0 Å². The third-order valence-corrected chi connectivity index (χ3v) is 4.04. The fourth-order valence-electron chi connectivity index (χ4n) is 2.60. The van der Waals surface area contributed by atoms with Crippen LogP contribution >= 0.6 is 0 Å². The molecule has 1 saturated carbocycles. The lowest BCUT2D eigenvalue weighted by Crippen LogP contribution is -2.45. The molecule has 0 aromatic carbocycles. The molecule has 1 heterocycles. The Hall–Kier alpha value is -0.610. The smallest absolute Gasteiger partial charge is 0.236 e. The predicted molar refractivity (Wildman–Crippen MR) is 66.7 cm³/mol. The van der Waals surface area contributed by atoms with Gasteiger partial charge < -0.3 is 10.0 Å². The number of nitrogens with zero attached hydrogens (tertiary/aromatic N) is 2. The molecule has 0 radical (unpaired) electrons. The first-order chi connectivity index (χ1) is 8.22. The maximum absolute atomic E-state index is 12.1. The van der Waals surface area contributed by atoms with E-state index in [4.69, 9.17) is 0 Å². The number of aliphatic hydroxyl groups excluding tert-OH is 1. The summed E-state index contributed by atoms with van der Waals surface area (Å²) in [6.07, 6.45) is 6.89. The SMILES string of the molecule is CN(C(=O)CN1CCCCCC1CO)C1CC1. The first-order valence-corrected chi connectivity index (χ1v) is 6.83. The van der Waals surface area contributed by atoms with Gasteiger partial charge in [0, 0.05) is 19.1 Å². The van der Waals surface area contributed by atoms with Crippen LogP contribution in [0.1, 0.15) is 38.5 Å². The largest absolute Gasteiger partial charge is 0.395 e. The molecule has 1 unspecified atom stereocenters. The Labute approximate surface area is 104 Å². The molecule has 17 heavy (non-hydrogen) atoms. The summed E-state index contributed by atoms with van der Waals surface area (Å²) in [5, 5.41) is 9.39. The van der Waals surface area contributed by atoms with Gasteiger partial charge in [-0.15, -0.1) is 0 Å². The summed E-state index contributed by atoms with van der Waals surface area (Å²) in [5.74, 6) is 0.216. The molecule has 2 fully saturated rings. The first kappa shape index (κ1) is 12.8.